The van der Waals surface area contributed by atoms with Gasteiger partial charge in [0.15, 0.2) is 0 Å². The van der Waals surface area contributed by atoms with Gasteiger partial charge in [0.1, 0.15) is 11.2 Å². The highest BCUT2D eigenvalue weighted by Crippen LogP contribution is 2.53. The summed E-state index contributed by atoms with van der Waals surface area (Å²) in [7, 11) is 0. The summed E-state index contributed by atoms with van der Waals surface area (Å²) in [6, 6.07) is 78.9. The van der Waals surface area contributed by atoms with Gasteiger partial charge in [0.05, 0.1) is 0 Å². The Kier molecular flexibility index (Phi) is 7.97. The Balaban J connectivity index is 1.00. The standard InChI is InChI=1S/C56H39NO/c1-56(52-21-10-8-19-48(52)49-20-9-11-22-53(49)56)44-28-34-55-51(37-44)50-36-43(27-33-54(50)58-55)42-17-12-18-47(35-42)57(45-29-23-40(24-30-45)38-13-4-2-5-14-38)46-31-25-41(26-32-46)39-15-6-3-7-16-39/h2-37H,1H3. The third kappa shape index (κ3) is 5.56. The van der Waals surface area contributed by atoms with Crippen molar-refractivity contribution in [2.75, 3.05) is 4.90 Å². The normalized spacial score (nSPS) is 12.7. The van der Waals surface area contributed by atoms with Crippen LogP contribution in [0.15, 0.2) is 223 Å². The molecule has 11 rings (SSSR count). The molecule has 1 heterocycles. The highest BCUT2D eigenvalue weighted by molar-refractivity contribution is 6.07. The van der Waals surface area contributed by atoms with Gasteiger partial charge < -0.3 is 9.32 Å². The summed E-state index contributed by atoms with van der Waals surface area (Å²) in [5, 5.41) is 2.25. The fourth-order valence-corrected chi connectivity index (χ4v) is 9.17. The maximum Gasteiger partial charge on any atom is 0.135 e. The Labute approximate surface area is 338 Å². The first-order chi connectivity index (χ1) is 28.6. The minimum Gasteiger partial charge on any atom is -0.456 e. The third-order valence-corrected chi connectivity index (χ3v) is 12.2. The molecular weight excluding hydrogens is 703 g/mol. The Morgan fingerprint density at radius 2 is 0.793 bits per heavy atom. The number of hydrogen-bond acceptors (Lipinski definition) is 2. The lowest BCUT2D eigenvalue weighted by Gasteiger charge is -2.28. The molecule has 1 aliphatic carbocycles. The molecule has 274 valence electrons. The molecule has 0 bridgehead atoms. The van der Waals surface area contributed by atoms with Crippen LogP contribution < -0.4 is 4.90 Å². The zero-order valence-electron chi connectivity index (χ0n) is 32.1. The Hall–Kier alpha value is -7.42. The van der Waals surface area contributed by atoms with Crippen LogP contribution in [0, 0.1) is 0 Å². The van der Waals surface area contributed by atoms with Gasteiger partial charge in [-0.25, -0.2) is 0 Å². The molecular formula is C56H39NO. The van der Waals surface area contributed by atoms with Gasteiger partial charge in [-0.2, -0.15) is 0 Å². The van der Waals surface area contributed by atoms with Crippen molar-refractivity contribution < 1.29 is 4.42 Å². The summed E-state index contributed by atoms with van der Waals surface area (Å²) < 4.78 is 6.49. The first kappa shape index (κ1) is 33.9. The van der Waals surface area contributed by atoms with Crippen molar-refractivity contribution in [1.82, 2.24) is 0 Å². The van der Waals surface area contributed by atoms with Crippen LogP contribution >= 0.6 is 0 Å². The fourth-order valence-electron chi connectivity index (χ4n) is 9.17. The van der Waals surface area contributed by atoms with Crippen molar-refractivity contribution >= 4 is 39.0 Å². The molecule has 0 unspecified atom stereocenters. The number of benzene rings is 9. The molecule has 1 aromatic heterocycles. The molecule has 0 N–H and O–H groups in total. The van der Waals surface area contributed by atoms with Crippen molar-refractivity contribution in [3.63, 3.8) is 0 Å². The van der Waals surface area contributed by atoms with Crippen molar-refractivity contribution in [2.45, 2.75) is 12.3 Å². The molecule has 0 fully saturated rings. The number of fused-ring (bicyclic) bond motifs is 6. The lowest BCUT2D eigenvalue weighted by Crippen LogP contribution is -2.22. The van der Waals surface area contributed by atoms with Gasteiger partial charge >= 0.3 is 0 Å². The molecule has 9 aromatic carbocycles. The summed E-state index contributed by atoms with van der Waals surface area (Å²) in [4.78, 5) is 2.35. The number of nitrogens with zero attached hydrogens (tertiary/aromatic N) is 1. The molecule has 0 amide bonds. The second-order valence-electron chi connectivity index (χ2n) is 15.5. The minimum atomic E-state index is -0.279. The largest absolute Gasteiger partial charge is 0.456 e. The molecule has 58 heavy (non-hydrogen) atoms. The van der Waals surface area contributed by atoms with Crippen molar-refractivity contribution in [3.05, 3.63) is 235 Å². The number of furan rings is 1. The maximum atomic E-state index is 6.49. The van der Waals surface area contributed by atoms with Crippen LogP contribution in [-0.4, -0.2) is 0 Å². The predicted molar refractivity (Wildman–Crippen MR) is 242 cm³/mol. The van der Waals surface area contributed by atoms with Crippen molar-refractivity contribution in [2.24, 2.45) is 0 Å². The van der Waals surface area contributed by atoms with Crippen LogP contribution in [0.3, 0.4) is 0 Å². The van der Waals surface area contributed by atoms with Gasteiger partial charge in [0, 0.05) is 33.2 Å². The molecule has 0 saturated carbocycles. The first-order valence-electron chi connectivity index (χ1n) is 20.0. The van der Waals surface area contributed by atoms with Crippen LogP contribution in [0.5, 0.6) is 0 Å². The molecule has 2 heteroatoms. The summed E-state index contributed by atoms with van der Waals surface area (Å²) in [5.41, 5.74) is 18.4. The van der Waals surface area contributed by atoms with E-state index in [-0.39, 0.29) is 5.41 Å². The summed E-state index contributed by atoms with van der Waals surface area (Å²) in [6.45, 7) is 2.37. The van der Waals surface area contributed by atoms with E-state index in [4.69, 9.17) is 4.42 Å². The molecule has 0 atom stereocenters. The quantitative estimate of drug-likeness (QED) is 0.162. The van der Waals surface area contributed by atoms with Crippen LogP contribution in [-0.2, 0) is 5.41 Å². The average molecular weight is 742 g/mol. The van der Waals surface area contributed by atoms with Gasteiger partial charge in [-0.1, -0.05) is 158 Å². The van der Waals surface area contributed by atoms with E-state index in [0.717, 1.165) is 50.1 Å². The van der Waals surface area contributed by atoms with E-state index in [0.29, 0.717) is 0 Å². The fraction of sp³-hybridized carbons (Fsp3) is 0.0357. The Morgan fingerprint density at radius 3 is 1.38 bits per heavy atom. The second-order valence-corrected chi connectivity index (χ2v) is 15.5. The van der Waals surface area contributed by atoms with E-state index < -0.39 is 0 Å². The zero-order valence-corrected chi connectivity index (χ0v) is 32.1. The van der Waals surface area contributed by atoms with Gasteiger partial charge in [-0.3, -0.25) is 0 Å². The number of rotatable bonds is 7. The average Bonchev–Trinajstić information content (AvgIpc) is 3.80. The minimum absolute atomic E-state index is 0.279. The molecule has 10 aromatic rings. The summed E-state index contributed by atoms with van der Waals surface area (Å²) in [5.74, 6) is 0. The SMILES string of the molecule is CC1(c2ccc3oc4ccc(-c5cccc(N(c6ccc(-c7ccccc7)cc6)c6ccc(-c7ccccc7)cc6)c5)cc4c3c2)c2ccccc2-c2ccccc21. The maximum absolute atomic E-state index is 6.49. The topological polar surface area (TPSA) is 16.4 Å². The van der Waals surface area contributed by atoms with Crippen LogP contribution in [0.2, 0.25) is 0 Å². The molecule has 1 aliphatic rings. The van der Waals surface area contributed by atoms with Crippen LogP contribution in [0.25, 0.3) is 66.4 Å². The highest BCUT2D eigenvalue weighted by Gasteiger charge is 2.40. The van der Waals surface area contributed by atoms with E-state index in [1.54, 1.807) is 0 Å². The van der Waals surface area contributed by atoms with Gasteiger partial charge in [-0.15, -0.1) is 0 Å². The Bertz CT molecular complexity index is 2980. The van der Waals surface area contributed by atoms with E-state index in [1.165, 1.54) is 50.1 Å². The monoisotopic (exact) mass is 741 g/mol. The van der Waals surface area contributed by atoms with E-state index >= 15 is 0 Å². The second kappa shape index (κ2) is 13.7. The first-order valence-corrected chi connectivity index (χ1v) is 20.0. The summed E-state index contributed by atoms with van der Waals surface area (Å²) in [6.07, 6.45) is 0. The number of hydrogen-bond donors (Lipinski definition) is 0. The summed E-state index contributed by atoms with van der Waals surface area (Å²) >= 11 is 0. The molecule has 0 aliphatic heterocycles. The number of anilines is 3. The molecule has 0 spiro atoms. The lowest BCUT2D eigenvalue weighted by atomic mass is 9.74. The molecule has 0 radical (unpaired) electrons. The smallest absolute Gasteiger partial charge is 0.135 e. The Morgan fingerprint density at radius 1 is 0.345 bits per heavy atom. The zero-order chi connectivity index (χ0) is 38.6. The highest BCUT2D eigenvalue weighted by atomic mass is 16.3. The predicted octanol–water partition coefficient (Wildman–Crippen LogP) is 15.4. The van der Waals surface area contributed by atoms with E-state index in [9.17, 15) is 0 Å². The van der Waals surface area contributed by atoms with Crippen molar-refractivity contribution in [1.29, 1.82) is 0 Å². The van der Waals surface area contributed by atoms with Gasteiger partial charge in [0.2, 0.25) is 0 Å². The molecule has 0 saturated heterocycles. The van der Waals surface area contributed by atoms with Crippen LogP contribution in [0.4, 0.5) is 17.1 Å². The van der Waals surface area contributed by atoms with Crippen molar-refractivity contribution in [3.8, 4) is 44.5 Å². The lowest BCUT2D eigenvalue weighted by molar-refractivity contribution is 0.667. The van der Waals surface area contributed by atoms with Crippen LogP contribution in [0.1, 0.15) is 23.6 Å². The third-order valence-electron chi connectivity index (χ3n) is 12.2. The van der Waals surface area contributed by atoms with Gasteiger partial charge in [0.25, 0.3) is 0 Å². The van der Waals surface area contributed by atoms with Gasteiger partial charge in [-0.05, 0) is 129 Å². The van der Waals surface area contributed by atoms with E-state index in [1.807, 2.05) is 0 Å². The van der Waals surface area contributed by atoms with E-state index in [2.05, 4.69) is 230 Å². The molecule has 2 nitrogen and oxygen atoms in total.